The van der Waals surface area contributed by atoms with Crippen molar-refractivity contribution in [3.05, 3.63) is 45.0 Å². The van der Waals surface area contributed by atoms with Crippen LogP contribution in [0.3, 0.4) is 0 Å². The highest BCUT2D eigenvalue weighted by atomic mass is 79.9. The predicted octanol–water partition coefficient (Wildman–Crippen LogP) is 4.81. The molecular weight excluding hydrogens is 379 g/mol. The fraction of sp³-hybridized carbons (Fsp3) is 0.231. The zero-order valence-corrected chi connectivity index (χ0v) is 12.9. The van der Waals surface area contributed by atoms with Gasteiger partial charge in [0, 0.05) is 16.5 Å². The molecule has 1 aliphatic rings. The van der Waals surface area contributed by atoms with Gasteiger partial charge in [0.25, 0.3) is 0 Å². The van der Waals surface area contributed by atoms with Crippen LogP contribution in [0, 0.1) is 5.82 Å². The Hall–Kier alpha value is -1.01. The zero-order chi connectivity index (χ0) is 13.4. The molecule has 1 aromatic heterocycles. The van der Waals surface area contributed by atoms with Crippen LogP contribution in [-0.4, -0.2) is 9.97 Å². The lowest BCUT2D eigenvalue weighted by molar-refractivity contribution is 0.423. The van der Waals surface area contributed by atoms with E-state index in [1.165, 1.54) is 6.07 Å². The van der Waals surface area contributed by atoms with E-state index in [9.17, 15) is 4.39 Å². The highest BCUT2D eigenvalue weighted by molar-refractivity contribution is 9.10. The van der Waals surface area contributed by atoms with Crippen LogP contribution in [0.2, 0.25) is 0 Å². The molecule has 1 fully saturated rings. The molecule has 0 saturated heterocycles. The van der Waals surface area contributed by atoms with Gasteiger partial charge in [-0.25, -0.2) is 9.37 Å². The van der Waals surface area contributed by atoms with Crippen molar-refractivity contribution in [2.75, 3.05) is 0 Å². The summed E-state index contributed by atoms with van der Waals surface area (Å²) in [6, 6.07) is 6.27. The zero-order valence-electron chi connectivity index (χ0n) is 9.74. The number of aromatic nitrogens is 2. The van der Waals surface area contributed by atoms with Crippen molar-refractivity contribution >= 4 is 31.9 Å². The highest BCUT2D eigenvalue weighted by Crippen LogP contribution is 2.39. The molecule has 0 N–H and O–H groups in total. The molecular formula is C13H9Br2FN2O. The number of nitrogens with zero attached hydrogens (tertiary/aromatic N) is 2. The lowest BCUT2D eigenvalue weighted by atomic mass is 10.3. The molecule has 0 atom stereocenters. The van der Waals surface area contributed by atoms with Crippen LogP contribution in [-0.2, 0) is 0 Å². The summed E-state index contributed by atoms with van der Waals surface area (Å²) in [5, 5.41) is 0. The molecule has 6 heteroatoms. The average Bonchev–Trinajstić information content (AvgIpc) is 3.16. The Balaban J connectivity index is 1.89. The number of halogens is 3. The molecule has 2 aromatic rings. The minimum atomic E-state index is -0.433. The molecule has 1 aliphatic carbocycles. The Morgan fingerprint density at radius 3 is 2.63 bits per heavy atom. The van der Waals surface area contributed by atoms with Crippen LogP contribution < -0.4 is 4.74 Å². The molecule has 19 heavy (non-hydrogen) atoms. The lowest BCUT2D eigenvalue weighted by Gasteiger charge is -2.07. The van der Waals surface area contributed by atoms with Crippen LogP contribution in [0.4, 0.5) is 4.39 Å². The van der Waals surface area contributed by atoms with Crippen LogP contribution >= 0.6 is 31.9 Å². The van der Waals surface area contributed by atoms with E-state index < -0.39 is 5.82 Å². The Morgan fingerprint density at radius 1 is 1.16 bits per heavy atom. The molecule has 0 bridgehead atoms. The van der Waals surface area contributed by atoms with Gasteiger partial charge < -0.3 is 4.74 Å². The van der Waals surface area contributed by atoms with Gasteiger partial charge in [-0.05, 0) is 47.0 Å². The van der Waals surface area contributed by atoms with Crippen molar-refractivity contribution in [2.45, 2.75) is 18.8 Å². The van der Waals surface area contributed by atoms with E-state index in [4.69, 9.17) is 4.74 Å². The molecule has 98 valence electrons. The van der Waals surface area contributed by atoms with E-state index in [1.807, 2.05) is 0 Å². The normalized spacial score (nSPS) is 14.5. The second-order valence-corrected chi connectivity index (χ2v) is 6.07. The van der Waals surface area contributed by atoms with Gasteiger partial charge in [0.1, 0.15) is 10.4 Å². The van der Waals surface area contributed by atoms with Gasteiger partial charge in [-0.2, -0.15) is 4.98 Å². The molecule has 3 nitrogen and oxygen atoms in total. The van der Waals surface area contributed by atoms with Crippen LogP contribution in [0.1, 0.15) is 24.6 Å². The van der Waals surface area contributed by atoms with Gasteiger partial charge in [0.05, 0.1) is 0 Å². The number of hydrogen-bond acceptors (Lipinski definition) is 3. The summed E-state index contributed by atoms with van der Waals surface area (Å²) in [6.07, 6.45) is 2.20. The van der Waals surface area contributed by atoms with Gasteiger partial charge in [-0.1, -0.05) is 15.9 Å². The van der Waals surface area contributed by atoms with Crippen molar-refractivity contribution in [3.8, 4) is 11.6 Å². The van der Waals surface area contributed by atoms with Gasteiger partial charge in [0.2, 0.25) is 5.88 Å². The van der Waals surface area contributed by atoms with E-state index in [0.717, 1.165) is 18.7 Å². The third-order valence-corrected chi connectivity index (χ3v) is 3.64. The summed E-state index contributed by atoms with van der Waals surface area (Å²) < 4.78 is 20.5. The van der Waals surface area contributed by atoms with E-state index in [2.05, 4.69) is 41.8 Å². The summed E-state index contributed by atoms with van der Waals surface area (Å²) in [7, 11) is 0. The minimum absolute atomic E-state index is 0.149. The summed E-state index contributed by atoms with van der Waals surface area (Å²) in [5.74, 6) is 1.23. The fourth-order valence-electron chi connectivity index (χ4n) is 1.66. The Morgan fingerprint density at radius 2 is 1.95 bits per heavy atom. The number of hydrogen-bond donors (Lipinski definition) is 0. The van der Waals surface area contributed by atoms with Gasteiger partial charge in [-0.3, -0.25) is 0 Å². The summed E-state index contributed by atoms with van der Waals surface area (Å²) in [6.45, 7) is 0. The number of benzene rings is 1. The van der Waals surface area contributed by atoms with Crippen LogP contribution in [0.5, 0.6) is 11.6 Å². The van der Waals surface area contributed by atoms with Crippen molar-refractivity contribution in [1.82, 2.24) is 9.97 Å². The smallest absolute Gasteiger partial charge is 0.223 e. The van der Waals surface area contributed by atoms with Crippen LogP contribution in [0.15, 0.2) is 33.3 Å². The van der Waals surface area contributed by atoms with Crippen LogP contribution in [0.25, 0.3) is 0 Å². The third kappa shape index (κ3) is 3.12. The van der Waals surface area contributed by atoms with E-state index in [1.54, 1.807) is 18.2 Å². The fourth-order valence-corrected chi connectivity index (χ4v) is 2.37. The highest BCUT2D eigenvalue weighted by Gasteiger charge is 2.27. The molecule has 1 heterocycles. The largest absolute Gasteiger partial charge is 0.436 e. The summed E-state index contributed by atoms with van der Waals surface area (Å²) in [5.41, 5.74) is 0. The Bertz CT molecular complexity index is 632. The van der Waals surface area contributed by atoms with Crippen molar-refractivity contribution in [3.63, 3.8) is 0 Å². The first-order valence-electron chi connectivity index (χ1n) is 5.79. The quantitative estimate of drug-likeness (QED) is 0.709. The molecule has 0 amide bonds. The maximum atomic E-state index is 13.7. The first kappa shape index (κ1) is 13.0. The molecule has 3 rings (SSSR count). The average molecular weight is 388 g/mol. The molecule has 0 spiro atoms. The van der Waals surface area contributed by atoms with E-state index in [0.29, 0.717) is 20.9 Å². The molecule has 1 saturated carbocycles. The summed E-state index contributed by atoms with van der Waals surface area (Å²) in [4.78, 5) is 8.61. The van der Waals surface area contributed by atoms with Gasteiger partial charge in [0.15, 0.2) is 11.6 Å². The lowest BCUT2D eigenvalue weighted by Crippen LogP contribution is -1.97. The Labute approximate surface area is 126 Å². The first-order valence-corrected chi connectivity index (χ1v) is 7.38. The third-order valence-electron chi connectivity index (χ3n) is 2.74. The standard InChI is InChI=1S/C13H9Br2FN2O/c14-8-3-4-10(9(16)5-8)19-12-6-11(15)17-13(18-12)7-1-2-7/h3-7H,1-2H2. The second kappa shape index (κ2) is 5.17. The predicted molar refractivity (Wildman–Crippen MR) is 75.9 cm³/mol. The van der Waals surface area contributed by atoms with E-state index >= 15 is 0 Å². The topological polar surface area (TPSA) is 35.0 Å². The first-order chi connectivity index (χ1) is 9.11. The maximum Gasteiger partial charge on any atom is 0.223 e. The SMILES string of the molecule is Fc1cc(Br)ccc1Oc1cc(Br)nc(C2CC2)n1. The number of rotatable bonds is 3. The molecule has 0 radical (unpaired) electrons. The maximum absolute atomic E-state index is 13.7. The second-order valence-electron chi connectivity index (χ2n) is 4.34. The van der Waals surface area contributed by atoms with E-state index in [-0.39, 0.29) is 5.75 Å². The minimum Gasteiger partial charge on any atom is -0.436 e. The van der Waals surface area contributed by atoms with Gasteiger partial charge >= 0.3 is 0 Å². The van der Waals surface area contributed by atoms with Gasteiger partial charge in [-0.15, -0.1) is 0 Å². The molecule has 0 unspecified atom stereocenters. The van der Waals surface area contributed by atoms with Crippen molar-refractivity contribution in [2.24, 2.45) is 0 Å². The molecule has 1 aromatic carbocycles. The Kier molecular flexibility index (Phi) is 3.54. The number of ether oxygens (including phenoxy) is 1. The molecule has 0 aliphatic heterocycles. The van der Waals surface area contributed by atoms with Crippen molar-refractivity contribution < 1.29 is 9.13 Å². The monoisotopic (exact) mass is 386 g/mol. The van der Waals surface area contributed by atoms with Crippen molar-refractivity contribution in [1.29, 1.82) is 0 Å². The summed E-state index contributed by atoms with van der Waals surface area (Å²) >= 11 is 6.52.